The number of fused-ring (bicyclic) bond motifs is 1. The molecule has 0 saturated heterocycles. The van der Waals surface area contributed by atoms with Crippen LogP contribution in [0.1, 0.15) is 10.4 Å². The number of carbonyl (C=O) groups excluding carboxylic acids is 1. The molecule has 1 aromatic heterocycles. The molecule has 1 heterocycles. The van der Waals surface area contributed by atoms with Crippen molar-refractivity contribution in [1.82, 2.24) is 9.99 Å². The molecule has 0 bridgehead atoms. The van der Waals surface area contributed by atoms with Crippen molar-refractivity contribution in [2.45, 2.75) is 0 Å². The molecule has 0 aliphatic carbocycles. The highest BCUT2D eigenvalue weighted by molar-refractivity contribution is 7.16. The number of anilines is 1. The number of hydrogen-bond donors (Lipinski definition) is 3. The van der Waals surface area contributed by atoms with Gasteiger partial charge in [-0.2, -0.15) is 0 Å². The van der Waals surface area contributed by atoms with Crippen LogP contribution in [0.2, 0.25) is 0 Å². The lowest BCUT2D eigenvalue weighted by Gasteiger charge is -2.02. The lowest BCUT2D eigenvalue weighted by molar-refractivity contribution is 0.0697. The Balaban J connectivity index is 1.83. The van der Waals surface area contributed by atoms with Crippen LogP contribution in [-0.4, -0.2) is 21.7 Å². The number of hydrogen-bond acceptors (Lipinski definition) is 4. The van der Waals surface area contributed by atoms with Gasteiger partial charge in [-0.15, -0.1) is 5.10 Å². The van der Waals surface area contributed by atoms with Crippen LogP contribution < -0.4 is 15.5 Å². The van der Waals surface area contributed by atoms with E-state index in [-0.39, 0.29) is 5.56 Å². The molecule has 3 aromatic rings. The van der Waals surface area contributed by atoms with Crippen LogP contribution in [0.15, 0.2) is 53.6 Å². The molecule has 0 aliphatic heterocycles. The zero-order valence-electron chi connectivity index (χ0n) is 12.7. The molecule has 0 spiro atoms. The van der Waals surface area contributed by atoms with Gasteiger partial charge in [-0.25, -0.2) is 15.0 Å². The molecule has 8 heteroatoms. The number of amides is 2. The number of nitrogens with zero attached hydrogens (tertiary/aromatic N) is 2. The Bertz CT molecular complexity index is 976. The van der Waals surface area contributed by atoms with E-state index in [2.05, 4.69) is 15.8 Å². The summed E-state index contributed by atoms with van der Waals surface area (Å²) in [6, 6.07) is 13.4. The third-order valence-corrected chi connectivity index (χ3v) is 4.44. The molecule has 0 aliphatic rings. The van der Waals surface area contributed by atoms with Crippen molar-refractivity contribution in [1.29, 1.82) is 0 Å². The first-order valence-corrected chi connectivity index (χ1v) is 7.85. The summed E-state index contributed by atoms with van der Waals surface area (Å²) in [7, 11) is 1.80. The van der Waals surface area contributed by atoms with E-state index in [1.165, 1.54) is 17.4 Å². The second-order valence-corrected chi connectivity index (χ2v) is 5.98. The first-order chi connectivity index (χ1) is 11.5. The van der Waals surface area contributed by atoms with Crippen LogP contribution in [0.5, 0.6) is 0 Å². The summed E-state index contributed by atoms with van der Waals surface area (Å²) in [4.78, 5) is 23.4. The number of para-hydroxylation sites is 1. The number of urea groups is 1. The molecular formula is C16H14N4O3S. The van der Waals surface area contributed by atoms with E-state index in [0.29, 0.717) is 10.5 Å². The maximum absolute atomic E-state index is 11.9. The van der Waals surface area contributed by atoms with Gasteiger partial charge in [-0.1, -0.05) is 29.5 Å². The minimum absolute atomic E-state index is 0.214. The van der Waals surface area contributed by atoms with Crippen LogP contribution >= 0.6 is 11.3 Å². The Morgan fingerprint density at radius 2 is 1.92 bits per heavy atom. The molecule has 2 amide bonds. The van der Waals surface area contributed by atoms with Crippen molar-refractivity contribution >= 4 is 39.2 Å². The molecule has 0 unspecified atom stereocenters. The smallest absolute Gasteiger partial charge is 0.339 e. The number of carbonyl (C=O) groups is 2. The number of benzene rings is 2. The average molecular weight is 342 g/mol. The zero-order chi connectivity index (χ0) is 17.1. The summed E-state index contributed by atoms with van der Waals surface area (Å²) in [5.74, 6) is -0.980. The second-order valence-electron chi connectivity index (χ2n) is 4.98. The van der Waals surface area contributed by atoms with Gasteiger partial charge in [-0.05, 0) is 30.3 Å². The van der Waals surface area contributed by atoms with Crippen LogP contribution in [0, 0.1) is 0 Å². The van der Waals surface area contributed by atoms with Gasteiger partial charge < -0.3 is 15.0 Å². The van der Waals surface area contributed by atoms with Crippen LogP contribution in [0.25, 0.3) is 10.2 Å². The Hall–Kier alpha value is -3.13. The van der Waals surface area contributed by atoms with E-state index in [1.807, 2.05) is 18.2 Å². The number of aryl methyl sites for hydroxylation is 1. The molecule has 0 fully saturated rings. The van der Waals surface area contributed by atoms with Gasteiger partial charge in [0.2, 0.25) is 4.80 Å². The number of thiazole rings is 1. The number of nitrogens with one attached hydrogen (secondary N) is 2. The summed E-state index contributed by atoms with van der Waals surface area (Å²) >= 11 is 1.29. The van der Waals surface area contributed by atoms with E-state index in [9.17, 15) is 9.59 Å². The number of carboxylic acid groups (broad SMARTS) is 1. The third-order valence-electron chi connectivity index (χ3n) is 3.34. The molecule has 0 saturated carbocycles. The molecule has 7 nitrogen and oxygen atoms in total. The summed E-state index contributed by atoms with van der Waals surface area (Å²) in [5, 5.41) is 15.8. The minimum atomic E-state index is -0.980. The van der Waals surface area contributed by atoms with Gasteiger partial charge in [0.1, 0.15) is 0 Å². The predicted molar refractivity (Wildman–Crippen MR) is 91.9 cm³/mol. The van der Waals surface area contributed by atoms with E-state index < -0.39 is 12.0 Å². The Morgan fingerprint density at radius 1 is 1.17 bits per heavy atom. The standard InChI is InChI=1S/C16H14N4O3S/c1-20-12-8-7-10(14(21)22)9-13(12)24-16(20)19-18-15(23)17-11-5-3-2-4-6-11/h2-9H,1H3,(H,21,22)(H2,17,18,23)/b19-16-. The molecule has 2 aromatic carbocycles. The van der Waals surface area contributed by atoms with Crippen LogP contribution in [0.3, 0.4) is 0 Å². The van der Waals surface area contributed by atoms with Gasteiger partial charge in [0.15, 0.2) is 0 Å². The van der Waals surface area contributed by atoms with Gasteiger partial charge in [0.05, 0.1) is 15.8 Å². The number of aromatic nitrogens is 1. The lowest BCUT2D eigenvalue weighted by Crippen LogP contribution is -2.27. The van der Waals surface area contributed by atoms with E-state index in [1.54, 1.807) is 35.9 Å². The average Bonchev–Trinajstić information content (AvgIpc) is 2.89. The molecule has 24 heavy (non-hydrogen) atoms. The van der Waals surface area contributed by atoms with E-state index >= 15 is 0 Å². The predicted octanol–water partition coefficient (Wildman–Crippen LogP) is 2.58. The number of aromatic carboxylic acids is 1. The van der Waals surface area contributed by atoms with Crippen LogP contribution in [-0.2, 0) is 7.05 Å². The van der Waals surface area contributed by atoms with Crippen molar-refractivity contribution < 1.29 is 14.7 Å². The Labute approximate surface area is 140 Å². The van der Waals surface area contributed by atoms with Crippen molar-refractivity contribution in [3.63, 3.8) is 0 Å². The fourth-order valence-electron chi connectivity index (χ4n) is 2.15. The molecule has 3 N–H and O–H groups in total. The van der Waals surface area contributed by atoms with E-state index in [4.69, 9.17) is 5.11 Å². The fourth-order valence-corrected chi connectivity index (χ4v) is 3.17. The number of carboxylic acids is 1. The summed E-state index contributed by atoms with van der Waals surface area (Å²) in [6.07, 6.45) is 0. The highest BCUT2D eigenvalue weighted by Gasteiger charge is 2.08. The van der Waals surface area contributed by atoms with Crippen molar-refractivity contribution in [3.05, 3.63) is 58.9 Å². The molecule has 122 valence electrons. The summed E-state index contributed by atoms with van der Waals surface area (Å²) < 4.78 is 2.57. The monoisotopic (exact) mass is 342 g/mol. The van der Waals surface area contributed by atoms with Gasteiger partial charge >= 0.3 is 12.0 Å². The molecular weight excluding hydrogens is 328 g/mol. The minimum Gasteiger partial charge on any atom is -0.478 e. The van der Waals surface area contributed by atoms with E-state index in [0.717, 1.165) is 10.2 Å². The quantitative estimate of drug-likeness (QED) is 0.638. The normalized spacial score (nSPS) is 11.5. The summed E-state index contributed by atoms with van der Waals surface area (Å²) in [5.41, 5.74) is 4.15. The molecule has 0 atom stereocenters. The van der Waals surface area contributed by atoms with Gasteiger partial charge in [-0.3, -0.25) is 0 Å². The third kappa shape index (κ3) is 3.28. The van der Waals surface area contributed by atoms with Gasteiger partial charge in [0, 0.05) is 12.7 Å². The maximum atomic E-state index is 11.9. The van der Waals surface area contributed by atoms with Crippen LogP contribution in [0.4, 0.5) is 10.5 Å². The fraction of sp³-hybridized carbons (Fsp3) is 0.0625. The van der Waals surface area contributed by atoms with Crippen molar-refractivity contribution in [3.8, 4) is 0 Å². The Kier molecular flexibility index (Phi) is 4.30. The number of rotatable bonds is 3. The highest BCUT2D eigenvalue weighted by atomic mass is 32.1. The first kappa shape index (κ1) is 15.8. The van der Waals surface area contributed by atoms with Crippen molar-refractivity contribution in [2.24, 2.45) is 12.1 Å². The summed E-state index contributed by atoms with van der Waals surface area (Å²) in [6.45, 7) is 0. The highest BCUT2D eigenvalue weighted by Crippen LogP contribution is 2.18. The topological polar surface area (TPSA) is 95.7 Å². The Morgan fingerprint density at radius 3 is 2.62 bits per heavy atom. The zero-order valence-corrected chi connectivity index (χ0v) is 13.5. The van der Waals surface area contributed by atoms with Crippen molar-refractivity contribution in [2.75, 3.05) is 5.32 Å². The largest absolute Gasteiger partial charge is 0.478 e. The van der Waals surface area contributed by atoms with Gasteiger partial charge in [0.25, 0.3) is 0 Å². The maximum Gasteiger partial charge on any atom is 0.339 e. The molecule has 0 radical (unpaired) electrons. The first-order valence-electron chi connectivity index (χ1n) is 7.03. The molecule has 3 rings (SSSR count). The SMILES string of the molecule is Cn1/c(=N/NC(=O)Nc2ccccc2)sc2cc(C(=O)O)ccc21. The second kappa shape index (κ2) is 6.55. The lowest BCUT2D eigenvalue weighted by atomic mass is 10.2.